The number of aliphatic hydroxyl groups is 1. The lowest BCUT2D eigenvalue weighted by molar-refractivity contribution is 0.129. The first-order valence-corrected chi connectivity index (χ1v) is 7.96. The Hall–Kier alpha value is -1.11. The first-order valence-electron chi connectivity index (χ1n) is 6.52. The van der Waals surface area contributed by atoms with Crippen LogP contribution < -0.4 is 5.73 Å². The highest BCUT2D eigenvalue weighted by molar-refractivity contribution is 7.89. The summed E-state index contributed by atoms with van der Waals surface area (Å²) in [6, 6.07) is 6.37. The molecule has 19 heavy (non-hydrogen) atoms. The minimum atomic E-state index is -3.48. The van der Waals surface area contributed by atoms with Gasteiger partial charge in [-0.2, -0.15) is 4.31 Å². The molecule has 3 atom stereocenters. The number of rotatable bonds is 2. The highest BCUT2D eigenvalue weighted by Crippen LogP contribution is 2.40. The highest BCUT2D eigenvalue weighted by atomic mass is 32.2. The van der Waals surface area contributed by atoms with Gasteiger partial charge in [-0.25, -0.2) is 8.42 Å². The molecule has 3 unspecified atom stereocenters. The SMILES string of the molecule is Nc1cccc(S(=O)(=O)N2CC3CCC(O)C3C2)c1. The van der Waals surface area contributed by atoms with Crippen LogP contribution in [0, 0.1) is 11.8 Å². The fourth-order valence-electron chi connectivity index (χ4n) is 3.22. The zero-order valence-corrected chi connectivity index (χ0v) is 11.4. The second-order valence-corrected chi connectivity index (χ2v) is 7.40. The van der Waals surface area contributed by atoms with Crippen molar-refractivity contribution in [3.63, 3.8) is 0 Å². The monoisotopic (exact) mass is 282 g/mol. The minimum absolute atomic E-state index is 0.0934. The molecule has 1 aliphatic carbocycles. The van der Waals surface area contributed by atoms with Crippen molar-refractivity contribution in [1.29, 1.82) is 0 Å². The first-order chi connectivity index (χ1) is 8.98. The lowest BCUT2D eigenvalue weighted by Gasteiger charge is -2.18. The summed E-state index contributed by atoms with van der Waals surface area (Å²) in [6.07, 6.45) is 1.35. The molecule has 6 heteroatoms. The maximum atomic E-state index is 12.5. The third kappa shape index (κ3) is 2.13. The molecule has 0 radical (unpaired) electrons. The van der Waals surface area contributed by atoms with Crippen LogP contribution in [0.15, 0.2) is 29.2 Å². The Balaban J connectivity index is 1.87. The number of nitrogens with zero attached hydrogens (tertiary/aromatic N) is 1. The van der Waals surface area contributed by atoms with Crippen molar-refractivity contribution in [3.8, 4) is 0 Å². The number of aliphatic hydroxyl groups excluding tert-OH is 1. The highest BCUT2D eigenvalue weighted by Gasteiger charge is 2.45. The van der Waals surface area contributed by atoms with E-state index >= 15 is 0 Å². The minimum Gasteiger partial charge on any atom is -0.399 e. The number of nitrogen functional groups attached to an aromatic ring is 1. The van der Waals surface area contributed by atoms with Crippen LogP contribution in [0.3, 0.4) is 0 Å². The normalized spacial score (nSPS) is 31.5. The quantitative estimate of drug-likeness (QED) is 0.781. The van der Waals surface area contributed by atoms with Gasteiger partial charge in [0, 0.05) is 24.7 Å². The van der Waals surface area contributed by atoms with E-state index in [0.717, 1.165) is 12.8 Å². The van der Waals surface area contributed by atoms with Crippen LogP contribution in [0.4, 0.5) is 5.69 Å². The Kier molecular flexibility index (Phi) is 3.03. The number of hydrogen-bond donors (Lipinski definition) is 2. The fraction of sp³-hybridized carbons (Fsp3) is 0.538. The summed E-state index contributed by atoms with van der Waals surface area (Å²) in [5.74, 6) is 0.390. The van der Waals surface area contributed by atoms with Gasteiger partial charge in [0.1, 0.15) is 0 Å². The molecule has 1 aromatic carbocycles. The number of fused-ring (bicyclic) bond motifs is 1. The Morgan fingerprint density at radius 1 is 1.26 bits per heavy atom. The van der Waals surface area contributed by atoms with Crippen LogP contribution in [0.25, 0.3) is 0 Å². The number of nitrogens with two attached hydrogens (primary N) is 1. The van der Waals surface area contributed by atoms with Gasteiger partial charge >= 0.3 is 0 Å². The van der Waals surface area contributed by atoms with E-state index in [1.54, 1.807) is 18.2 Å². The predicted molar refractivity (Wildman–Crippen MR) is 71.8 cm³/mol. The van der Waals surface area contributed by atoms with Gasteiger partial charge in [-0.15, -0.1) is 0 Å². The Bertz CT molecular complexity index is 587. The van der Waals surface area contributed by atoms with Crippen molar-refractivity contribution in [3.05, 3.63) is 24.3 Å². The van der Waals surface area contributed by atoms with E-state index in [2.05, 4.69) is 0 Å². The van der Waals surface area contributed by atoms with E-state index in [1.807, 2.05) is 0 Å². The number of hydrogen-bond acceptors (Lipinski definition) is 4. The smallest absolute Gasteiger partial charge is 0.243 e. The van der Waals surface area contributed by atoms with Crippen LogP contribution in [-0.4, -0.2) is 37.0 Å². The average molecular weight is 282 g/mol. The van der Waals surface area contributed by atoms with E-state index in [4.69, 9.17) is 5.73 Å². The Morgan fingerprint density at radius 3 is 2.74 bits per heavy atom. The van der Waals surface area contributed by atoms with Gasteiger partial charge in [-0.3, -0.25) is 0 Å². The molecule has 3 N–H and O–H groups in total. The molecule has 5 nitrogen and oxygen atoms in total. The van der Waals surface area contributed by atoms with Gasteiger partial charge in [0.25, 0.3) is 0 Å². The van der Waals surface area contributed by atoms with Crippen molar-refractivity contribution in [2.75, 3.05) is 18.8 Å². The molecule has 2 aliphatic rings. The second kappa shape index (κ2) is 4.47. The second-order valence-electron chi connectivity index (χ2n) is 5.46. The maximum absolute atomic E-state index is 12.5. The number of benzene rings is 1. The summed E-state index contributed by atoms with van der Waals surface area (Å²) < 4.78 is 26.5. The largest absolute Gasteiger partial charge is 0.399 e. The van der Waals surface area contributed by atoms with Gasteiger partial charge in [-0.1, -0.05) is 6.07 Å². The van der Waals surface area contributed by atoms with Crippen LogP contribution in [0.2, 0.25) is 0 Å². The van der Waals surface area contributed by atoms with E-state index < -0.39 is 10.0 Å². The molecule has 1 saturated heterocycles. The van der Waals surface area contributed by atoms with Gasteiger partial charge in [-0.05, 0) is 37.0 Å². The Morgan fingerprint density at radius 2 is 2.05 bits per heavy atom. The van der Waals surface area contributed by atoms with Crippen molar-refractivity contribution in [2.45, 2.75) is 23.8 Å². The van der Waals surface area contributed by atoms with E-state index in [0.29, 0.717) is 24.7 Å². The zero-order valence-electron chi connectivity index (χ0n) is 10.6. The lowest BCUT2D eigenvalue weighted by atomic mass is 10.00. The number of anilines is 1. The predicted octanol–water partition coefficient (Wildman–Crippen LogP) is 0.660. The zero-order chi connectivity index (χ0) is 13.6. The molecule has 1 aliphatic heterocycles. The van der Waals surface area contributed by atoms with Gasteiger partial charge in [0.05, 0.1) is 11.0 Å². The topological polar surface area (TPSA) is 83.6 Å². The molecule has 0 amide bonds. The molecule has 2 fully saturated rings. The molecule has 0 bridgehead atoms. The third-order valence-corrected chi connectivity index (χ3v) is 6.11. The molecule has 104 valence electrons. The summed E-state index contributed by atoms with van der Waals surface area (Å²) in [7, 11) is -3.48. The number of sulfonamides is 1. The first kappa shape index (κ1) is 12.9. The van der Waals surface area contributed by atoms with E-state index in [-0.39, 0.29) is 16.9 Å². The van der Waals surface area contributed by atoms with Crippen molar-refractivity contribution < 1.29 is 13.5 Å². The van der Waals surface area contributed by atoms with Crippen LogP contribution >= 0.6 is 0 Å². The van der Waals surface area contributed by atoms with Crippen LogP contribution in [0.1, 0.15) is 12.8 Å². The van der Waals surface area contributed by atoms with Gasteiger partial charge < -0.3 is 10.8 Å². The standard InChI is InChI=1S/C13H18N2O3S/c14-10-2-1-3-11(6-10)19(17,18)15-7-9-4-5-13(16)12(9)8-15/h1-3,6,9,12-13,16H,4-5,7-8,14H2. The van der Waals surface area contributed by atoms with Crippen molar-refractivity contribution >= 4 is 15.7 Å². The molecular weight excluding hydrogens is 264 g/mol. The molecular formula is C13H18N2O3S. The summed E-state index contributed by atoms with van der Waals surface area (Å²) in [5, 5.41) is 9.86. The fourth-order valence-corrected chi connectivity index (χ4v) is 4.81. The summed E-state index contributed by atoms with van der Waals surface area (Å²) >= 11 is 0. The van der Waals surface area contributed by atoms with Crippen LogP contribution in [0.5, 0.6) is 0 Å². The summed E-state index contributed by atoms with van der Waals surface area (Å²) in [5.41, 5.74) is 6.09. The summed E-state index contributed by atoms with van der Waals surface area (Å²) in [4.78, 5) is 0.238. The molecule has 1 heterocycles. The third-order valence-electron chi connectivity index (χ3n) is 4.28. The molecule has 1 saturated carbocycles. The van der Waals surface area contributed by atoms with Crippen LogP contribution in [-0.2, 0) is 10.0 Å². The van der Waals surface area contributed by atoms with Gasteiger partial charge in [0.15, 0.2) is 0 Å². The van der Waals surface area contributed by atoms with Crippen molar-refractivity contribution in [1.82, 2.24) is 4.31 Å². The molecule has 0 spiro atoms. The Labute approximate surface area is 113 Å². The maximum Gasteiger partial charge on any atom is 0.243 e. The molecule has 0 aromatic heterocycles. The summed E-state index contributed by atoms with van der Waals surface area (Å²) in [6.45, 7) is 0.932. The lowest BCUT2D eigenvalue weighted by Crippen LogP contribution is -2.31. The van der Waals surface area contributed by atoms with E-state index in [9.17, 15) is 13.5 Å². The van der Waals surface area contributed by atoms with Gasteiger partial charge in [0.2, 0.25) is 10.0 Å². The molecule has 1 aromatic rings. The molecule has 3 rings (SSSR count). The average Bonchev–Trinajstić information content (AvgIpc) is 2.92. The van der Waals surface area contributed by atoms with Crippen molar-refractivity contribution in [2.24, 2.45) is 11.8 Å². The van der Waals surface area contributed by atoms with E-state index in [1.165, 1.54) is 10.4 Å².